The molecule has 2 N–H and O–H groups in total. The molecule has 0 fully saturated rings. The van der Waals surface area contributed by atoms with Gasteiger partial charge in [-0.05, 0) is 19.1 Å². The first-order chi connectivity index (χ1) is 9.32. The fourth-order valence-corrected chi connectivity index (χ4v) is 1.23. The van der Waals surface area contributed by atoms with Gasteiger partial charge in [0.1, 0.15) is 9.85 Å². The second-order valence-electron chi connectivity index (χ2n) is 3.52. The van der Waals surface area contributed by atoms with E-state index in [1.54, 1.807) is 0 Å². The molecule has 0 aliphatic carbocycles. The van der Waals surface area contributed by atoms with Gasteiger partial charge in [-0.15, -0.1) is 0 Å². The van der Waals surface area contributed by atoms with E-state index in [0.29, 0.717) is 5.69 Å². The molecule has 0 aliphatic heterocycles. The molecule has 11 heteroatoms. The molecule has 0 heterocycles. The van der Waals surface area contributed by atoms with Gasteiger partial charge in [0.25, 0.3) is 5.69 Å². The molecule has 0 bridgehead atoms. The fraction of sp³-hybridized carbons (Fsp3) is 0.111. The molecule has 0 aliphatic rings. The Morgan fingerprint density at radius 3 is 1.90 bits per heavy atom. The summed E-state index contributed by atoms with van der Waals surface area (Å²) in [5, 5.41) is 31.4. The van der Waals surface area contributed by atoms with Crippen molar-refractivity contribution in [3.05, 3.63) is 66.1 Å². The van der Waals surface area contributed by atoms with Crippen LogP contribution in [0.25, 0.3) is 0 Å². The number of hydrazine groups is 1. The summed E-state index contributed by atoms with van der Waals surface area (Å²) in [6.45, 7) is 1.15. The highest BCUT2D eigenvalue weighted by atomic mass is 16.7. The molecule has 11 nitrogen and oxygen atoms in total. The Morgan fingerprint density at radius 2 is 1.50 bits per heavy atom. The molecule has 106 valence electrons. The summed E-state index contributed by atoms with van der Waals surface area (Å²) in [6, 6.07) is 5.11. The van der Waals surface area contributed by atoms with E-state index in [2.05, 4.69) is 10.9 Å². The number of nitrogens with one attached hydrogen (secondary N) is 2. The van der Waals surface area contributed by atoms with Crippen LogP contribution in [0.15, 0.2) is 35.8 Å². The molecule has 20 heavy (non-hydrogen) atoms. The Labute approximate surface area is 111 Å². The second kappa shape index (κ2) is 6.08. The van der Waals surface area contributed by atoms with E-state index in [0.717, 1.165) is 6.92 Å². The van der Waals surface area contributed by atoms with E-state index in [4.69, 9.17) is 0 Å². The van der Waals surface area contributed by atoms with Gasteiger partial charge in [0.2, 0.25) is 0 Å². The van der Waals surface area contributed by atoms with Crippen molar-refractivity contribution in [3.8, 4) is 0 Å². The number of nitro groups is 3. The molecule has 0 saturated heterocycles. The molecule has 1 aromatic carbocycles. The molecule has 0 spiro atoms. The lowest BCUT2D eigenvalue weighted by atomic mass is 10.3. The van der Waals surface area contributed by atoms with Crippen molar-refractivity contribution in [1.82, 2.24) is 5.43 Å². The smallest absolute Gasteiger partial charge is 0.301 e. The highest BCUT2D eigenvalue weighted by Crippen LogP contribution is 2.15. The summed E-state index contributed by atoms with van der Waals surface area (Å²) < 4.78 is 0. The lowest BCUT2D eigenvalue weighted by Gasteiger charge is -2.07. The van der Waals surface area contributed by atoms with Crippen LogP contribution in [0.3, 0.4) is 0 Å². The van der Waals surface area contributed by atoms with Gasteiger partial charge >= 0.3 is 5.82 Å². The van der Waals surface area contributed by atoms with E-state index >= 15 is 0 Å². The Kier molecular flexibility index (Phi) is 4.51. The molecule has 0 aromatic heterocycles. The van der Waals surface area contributed by atoms with Gasteiger partial charge in [-0.25, -0.2) is 0 Å². The highest BCUT2D eigenvalue weighted by molar-refractivity contribution is 5.48. The number of nitro benzene ring substituents is 1. The predicted molar refractivity (Wildman–Crippen MR) is 66.5 cm³/mol. The average Bonchev–Trinajstić information content (AvgIpc) is 2.36. The summed E-state index contributed by atoms with van der Waals surface area (Å²) >= 11 is 0. The minimum absolute atomic E-state index is 0.126. The third kappa shape index (κ3) is 3.63. The number of benzene rings is 1. The van der Waals surface area contributed by atoms with Gasteiger partial charge in [-0.2, -0.15) is 0 Å². The Hall–Kier alpha value is -3.24. The van der Waals surface area contributed by atoms with Gasteiger partial charge in [-0.1, -0.05) is 0 Å². The zero-order chi connectivity index (χ0) is 15.3. The van der Waals surface area contributed by atoms with Gasteiger partial charge in [0.05, 0.1) is 10.6 Å². The van der Waals surface area contributed by atoms with Crippen LogP contribution >= 0.6 is 0 Å². The standard InChI is InChI=1S/C9H9N5O6/c1-6(9(13(17)18)14(19)20)10-11-7-2-4-8(5-3-7)12(15)16/h2-5,10-11H,1H3. The number of rotatable bonds is 6. The molecule has 0 atom stereocenters. The van der Waals surface area contributed by atoms with Crippen LogP contribution in [0.5, 0.6) is 0 Å². The summed E-state index contributed by atoms with van der Waals surface area (Å²) in [5.41, 5.74) is 4.66. The van der Waals surface area contributed by atoms with Crippen LogP contribution in [0.1, 0.15) is 6.92 Å². The van der Waals surface area contributed by atoms with Crippen molar-refractivity contribution in [2.75, 3.05) is 5.43 Å². The van der Waals surface area contributed by atoms with E-state index in [-0.39, 0.29) is 11.4 Å². The molecule has 0 saturated carbocycles. The van der Waals surface area contributed by atoms with E-state index < -0.39 is 20.6 Å². The summed E-state index contributed by atoms with van der Waals surface area (Å²) in [4.78, 5) is 28.5. The van der Waals surface area contributed by atoms with Crippen LogP contribution in [-0.2, 0) is 0 Å². The third-order valence-corrected chi connectivity index (χ3v) is 2.15. The van der Waals surface area contributed by atoms with Gasteiger partial charge in [0, 0.05) is 12.1 Å². The maximum Gasteiger partial charge on any atom is 0.579 e. The molecule has 0 unspecified atom stereocenters. The summed E-state index contributed by atoms with van der Waals surface area (Å²) in [7, 11) is 0. The van der Waals surface area contributed by atoms with Crippen molar-refractivity contribution in [2.24, 2.45) is 0 Å². The Bertz CT molecular complexity index is 565. The monoisotopic (exact) mass is 283 g/mol. The first-order valence-corrected chi connectivity index (χ1v) is 5.09. The predicted octanol–water partition coefficient (Wildman–Crippen LogP) is 1.25. The van der Waals surface area contributed by atoms with Gasteiger partial charge < -0.3 is 5.43 Å². The van der Waals surface area contributed by atoms with Crippen molar-refractivity contribution < 1.29 is 14.8 Å². The SMILES string of the molecule is CC(NNc1ccc([N+](=O)[O-])cc1)=C([N+](=O)[O-])[N+](=O)[O-]. The van der Waals surface area contributed by atoms with Crippen molar-refractivity contribution in [1.29, 1.82) is 0 Å². The largest absolute Gasteiger partial charge is 0.579 e. The average molecular weight is 283 g/mol. The van der Waals surface area contributed by atoms with Crippen molar-refractivity contribution in [3.63, 3.8) is 0 Å². The Balaban J connectivity index is 2.80. The van der Waals surface area contributed by atoms with Gasteiger partial charge in [-0.3, -0.25) is 35.8 Å². The lowest BCUT2D eigenvalue weighted by Crippen LogP contribution is -2.25. The molecule has 1 rings (SSSR count). The van der Waals surface area contributed by atoms with E-state index in [1.165, 1.54) is 24.3 Å². The van der Waals surface area contributed by atoms with Crippen molar-refractivity contribution in [2.45, 2.75) is 6.92 Å². The lowest BCUT2D eigenvalue weighted by molar-refractivity contribution is -0.617. The molecule has 0 amide bonds. The third-order valence-electron chi connectivity index (χ3n) is 2.15. The maximum absolute atomic E-state index is 10.5. The Morgan fingerprint density at radius 1 is 1.00 bits per heavy atom. The van der Waals surface area contributed by atoms with Crippen molar-refractivity contribution >= 4 is 11.4 Å². The summed E-state index contributed by atoms with van der Waals surface area (Å²) in [5.74, 6) is -1.19. The number of allylic oxidation sites excluding steroid dienone is 1. The first kappa shape index (κ1) is 14.8. The zero-order valence-corrected chi connectivity index (χ0v) is 10.1. The van der Waals surface area contributed by atoms with Crippen LogP contribution in [0.2, 0.25) is 0 Å². The number of anilines is 1. The number of nitrogens with zero attached hydrogens (tertiary/aromatic N) is 3. The summed E-state index contributed by atoms with van der Waals surface area (Å²) in [6.07, 6.45) is 0. The highest BCUT2D eigenvalue weighted by Gasteiger charge is 2.29. The maximum atomic E-state index is 10.5. The van der Waals surface area contributed by atoms with Crippen LogP contribution < -0.4 is 10.9 Å². The number of hydrogen-bond donors (Lipinski definition) is 2. The first-order valence-electron chi connectivity index (χ1n) is 5.09. The minimum Gasteiger partial charge on any atom is -0.301 e. The number of hydrogen-bond acceptors (Lipinski definition) is 8. The quantitative estimate of drug-likeness (QED) is 0.584. The topological polar surface area (TPSA) is 153 Å². The molecular formula is C9H9N5O6. The van der Waals surface area contributed by atoms with E-state index in [9.17, 15) is 30.3 Å². The second-order valence-corrected chi connectivity index (χ2v) is 3.52. The minimum atomic E-state index is -1.19. The van der Waals surface area contributed by atoms with E-state index in [1.807, 2.05) is 0 Å². The zero-order valence-electron chi connectivity index (χ0n) is 10.1. The van der Waals surface area contributed by atoms with Crippen LogP contribution in [-0.4, -0.2) is 14.8 Å². The molecule has 1 aromatic rings. The molecule has 0 radical (unpaired) electrons. The number of non-ortho nitro benzene ring substituents is 1. The van der Waals surface area contributed by atoms with Crippen LogP contribution in [0.4, 0.5) is 11.4 Å². The molecular weight excluding hydrogens is 274 g/mol. The van der Waals surface area contributed by atoms with Gasteiger partial charge in [0.15, 0.2) is 5.70 Å². The fourth-order valence-electron chi connectivity index (χ4n) is 1.23. The normalized spacial score (nSPS) is 9.45. The van der Waals surface area contributed by atoms with Crippen LogP contribution in [0, 0.1) is 30.3 Å².